The van der Waals surface area contributed by atoms with Crippen LogP contribution in [0.3, 0.4) is 0 Å². The van der Waals surface area contributed by atoms with Crippen molar-refractivity contribution in [1.29, 1.82) is 0 Å². The van der Waals surface area contributed by atoms with E-state index in [-0.39, 0.29) is 5.91 Å². The van der Waals surface area contributed by atoms with Gasteiger partial charge in [0.25, 0.3) is 11.8 Å². The molecule has 2 amide bonds. The summed E-state index contributed by atoms with van der Waals surface area (Å²) in [5, 5.41) is 32.1. The van der Waals surface area contributed by atoms with Crippen LogP contribution in [0.1, 0.15) is 31.8 Å². The van der Waals surface area contributed by atoms with Crippen molar-refractivity contribution >= 4 is 42.9 Å². The van der Waals surface area contributed by atoms with E-state index in [0.717, 1.165) is 11.1 Å². The summed E-state index contributed by atoms with van der Waals surface area (Å²) in [7, 11) is -0.338. The number of nitrogens with one attached hydrogen (secondary N) is 2. The van der Waals surface area contributed by atoms with E-state index >= 15 is 0 Å². The lowest BCUT2D eigenvalue weighted by Gasteiger charge is -2.04. The Kier molecular flexibility index (Phi) is 7.08. The summed E-state index contributed by atoms with van der Waals surface area (Å²) < 4.78 is 10.0. The van der Waals surface area contributed by atoms with Crippen LogP contribution < -0.4 is 21.6 Å². The molecule has 0 aromatic heterocycles. The molecule has 5 N–H and O–H groups in total. The minimum atomic E-state index is -1.11. The molecule has 0 fully saturated rings. The number of carboxylic acids is 1. The van der Waals surface area contributed by atoms with Gasteiger partial charge in [0.15, 0.2) is 0 Å². The summed E-state index contributed by atoms with van der Waals surface area (Å²) in [5.41, 5.74) is 3.84. The lowest BCUT2D eigenvalue weighted by molar-refractivity contribution is -0.135. The molecule has 0 aliphatic carbocycles. The second-order valence-electron chi connectivity index (χ2n) is 6.81. The van der Waals surface area contributed by atoms with E-state index in [1.54, 1.807) is 37.4 Å². The van der Waals surface area contributed by atoms with Crippen molar-refractivity contribution in [3.8, 4) is 0 Å². The number of aliphatic carboxylic acids is 1. The third kappa shape index (κ3) is 5.30. The zero-order valence-corrected chi connectivity index (χ0v) is 16.6. The molecule has 4 rings (SSSR count). The number of fused-ring (bicyclic) bond motifs is 2. The number of hydrogen-bond acceptors (Lipinski definition) is 7. The molecule has 2 heterocycles. The van der Waals surface area contributed by atoms with Gasteiger partial charge in [-0.1, -0.05) is 12.1 Å². The molecular weight excluding hydrogens is 406 g/mol. The Morgan fingerprint density at radius 2 is 1.39 bits per heavy atom. The first-order valence-electron chi connectivity index (χ1n) is 9.37. The number of carbonyl (C=O) groups excluding carboxylic acids is 2. The second-order valence-corrected chi connectivity index (χ2v) is 6.81. The molecule has 12 heteroatoms. The van der Waals surface area contributed by atoms with E-state index in [4.69, 9.17) is 14.4 Å². The lowest BCUT2D eigenvalue weighted by Crippen LogP contribution is -2.32. The molecule has 0 unspecified atom stereocenters. The average Bonchev–Trinajstić information content (AvgIpc) is 3.34. The standard InChI is InChI=1S/C10H10BNO5.C9H10BNO3/c13-9(14)4-12-10(15)6-1-2-7-5-17-11(16)8(7)3-6;1-11-9(12)6-2-3-7-5-14-10(13)8(7)4-6/h1-3,16H,4-5H2,(H,12,15)(H,13,14);2-4,13H,5H2,1H3,(H,11,12). The van der Waals surface area contributed by atoms with E-state index < -0.39 is 32.7 Å². The van der Waals surface area contributed by atoms with Crippen LogP contribution >= 0.6 is 0 Å². The van der Waals surface area contributed by atoms with Gasteiger partial charge in [0.05, 0.1) is 13.2 Å². The van der Waals surface area contributed by atoms with Crippen molar-refractivity contribution in [2.24, 2.45) is 0 Å². The highest BCUT2D eigenvalue weighted by atomic mass is 16.5. The average molecular weight is 426 g/mol. The van der Waals surface area contributed by atoms with Crippen LogP contribution in [-0.2, 0) is 27.3 Å². The van der Waals surface area contributed by atoms with E-state index in [9.17, 15) is 24.4 Å². The molecule has 0 radical (unpaired) electrons. The predicted molar refractivity (Wildman–Crippen MR) is 111 cm³/mol. The monoisotopic (exact) mass is 426 g/mol. The topological polar surface area (TPSA) is 154 Å². The first-order chi connectivity index (χ1) is 14.8. The number of carbonyl (C=O) groups is 3. The SMILES string of the molecule is CNC(=O)c1ccc2c(c1)B(O)OC2.O=C(O)CNC(=O)c1ccc2c(c1)B(O)OC2. The smallest absolute Gasteiger partial charge is 0.480 e. The molecule has 2 aliphatic rings. The van der Waals surface area contributed by atoms with Gasteiger partial charge in [-0.15, -0.1) is 0 Å². The van der Waals surface area contributed by atoms with Crippen molar-refractivity contribution in [1.82, 2.24) is 10.6 Å². The Bertz CT molecular complexity index is 1020. The Hall–Kier alpha value is -3.18. The Morgan fingerprint density at radius 1 is 0.903 bits per heavy atom. The van der Waals surface area contributed by atoms with Crippen LogP contribution in [0.5, 0.6) is 0 Å². The third-order valence-corrected chi connectivity index (χ3v) is 4.77. The molecule has 0 bridgehead atoms. The fraction of sp³-hybridized carbons (Fsp3) is 0.211. The number of amides is 2. The Balaban J connectivity index is 0.000000179. The normalized spacial score (nSPS) is 13.6. The predicted octanol–water partition coefficient (Wildman–Crippen LogP) is -2.02. The molecule has 2 aromatic rings. The van der Waals surface area contributed by atoms with E-state index in [1.807, 2.05) is 0 Å². The van der Waals surface area contributed by atoms with Crippen LogP contribution in [0.4, 0.5) is 0 Å². The molecule has 2 aliphatic heterocycles. The van der Waals surface area contributed by atoms with Gasteiger partial charge in [-0.25, -0.2) is 0 Å². The fourth-order valence-electron chi connectivity index (χ4n) is 3.11. The number of benzene rings is 2. The minimum absolute atomic E-state index is 0.160. The summed E-state index contributed by atoms with van der Waals surface area (Å²) in [6.45, 7) is 0.285. The fourth-order valence-corrected chi connectivity index (χ4v) is 3.11. The molecule has 0 atom stereocenters. The maximum Gasteiger partial charge on any atom is 0.491 e. The zero-order valence-electron chi connectivity index (χ0n) is 16.6. The molecule has 31 heavy (non-hydrogen) atoms. The van der Waals surface area contributed by atoms with E-state index in [1.165, 1.54) is 6.07 Å². The second kappa shape index (κ2) is 9.75. The van der Waals surface area contributed by atoms with Crippen molar-refractivity contribution in [2.75, 3.05) is 13.6 Å². The quantitative estimate of drug-likeness (QED) is 0.352. The molecule has 10 nitrogen and oxygen atoms in total. The summed E-state index contributed by atoms with van der Waals surface area (Å²) in [5.74, 6) is -1.76. The van der Waals surface area contributed by atoms with Crippen molar-refractivity contribution in [2.45, 2.75) is 13.2 Å². The molecular formula is C19H20B2N2O8. The largest absolute Gasteiger partial charge is 0.491 e. The Morgan fingerprint density at radius 3 is 1.84 bits per heavy atom. The van der Waals surface area contributed by atoms with Crippen LogP contribution in [-0.4, -0.2) is 60.8 Å². The van der Waals surface area contributed by atoms with Gasteiger partial charge in [-0.05, 0) is 46.3 Å². The maximum absolute atomic E-state index is 11.6. The third-order valence-electron chi connectivity index (χ3n) is 4.77. The molecule has 2 aromatic carbocycles. The number of hydrogen-bond donors (Lipinski definition) is 5. The molecule has 0 spiro atoms. The van der Waals surface area contributed by atoms with E-state index in [0.29, 0.717) is 35.3 Å². The first kappa shape index (κ1) is 22.5. The maximum atomic E-state index is 11.6. The van der Waals surface area contributed by atoms with Crippen molar-refractivity contribution in [3.63, 3.8) is 0 Å². The van der Waals surface area contributed by atoms with Crippen molar-refractivity contribution in [3.05, 3.63) is 58.7 Å². The summed E-state index contributed by atoms with van der Waals surface area (Å²) >= 11 is 0. The van der Waals surface area contributed by atoms with Gasteiger partial charge in [0, 0.05) is 18.2 Å². The van der Waals surface area contributed by atoms with Crippen LogP contribution in [0, 0.1) is 0 Å². The van der Waals surface area contributed by atoms with Gasteiger partial charge in [0.1, 0.15) is 6.54 Å². The first-order valence-corrected chi connectivity index (χ1v) is 9.37. The highest BCUT2D eigenvalue weighted by molar-refractivity contribution is 6.62. The molecule has 160 valence electrons. The van der Waals surface area contributed by atoms with E-state index in [2.05, 4.69) is 10.6 Å². The Labute approximate surface area is 178 Å². The summed E-state index contributed by atoms with van der Waals surface area (Å²) in [6, 6.07) is 9.93. The minimum Gasteiger partial charge on any atom is -0.480 e. The van der Waals surface area contributed by atoms with Crippen LogP contribution in [0.2, 0.25) is 0 Å². The lowest BCUT2D eigenvalue weighted by atomic mass is 9.79. The highest BCUT2D eigenvalue weighted by Gasteiger charge is 2.28. The van der Waals surface area contributed by atoms with Gasteiger partial charge in [-0.3, -0.25) is 14.4 Å². The van der Waals surface area contributed by atoms with Crippen LogP contribution in [0.25, 0.3) is 0 Å². The number of carboxylic acid groups (broad SMARTS) is 1. The summed E-state index contributed by atoms with van der Waals surface area (Å²) in [6.07, 6.45) is 0. The summed E-state index contributed by atoms with van der Waals surface area (Å²) in [4.78, 5) is 33.1. The van der Waals surface area contributed by atoms with Crippen molar-refractivity contribution < 1.29 is 38.8 Å². The van der Waals surface area contributed by atoms with Gasteiger partial charge < -0.3 is 35.1 Å². The highest BCUT2D eigenvalue weighted by Crippen LogP contribution is 2.12. The van der Waals surface area contributed by atoms with Gasteiger partial charge in [-0.2, -0.15) is 0 Å². The molecule has 0 saturated heterocycles. The van der Waals surface area contributed by atoms with Gasteiger partial charge in [0.2, 0.25) is 0 Å². The zero-order chi connectivity index (χ0) is 22.5. The van der Waals surface area contributed by atoms with Gasteiger partial charge >= 0.3 is 20.2 Å². The van der Waals surface area contributed by atoms with Crippen LogP contribution in [0.15, 0.2) is 36.4 Å². The molecule has 0 saturated carbocycles. The number of rotatable bonds is 4.